The topological polar surface area (TPSA) is 78.3 Å². The van der Waals surface area contributed by atoms with Crippen molar-refractivity contribution in [2.24, 2.45) is 0 Å². The maximum atomic E-state index is 12.7. The van der Waals surface area contributed by atoms with Gasteiger partial charge in [-0.25, -0.2) is 4.79 Å². The molecule has 0 spiro atoms. The Bertz CT molecular complexity index is 882. The third kappa shape index (κ3) is 5.10. The Hall–Kier alpha value is -3.06. The lowest BCUT2D eigenvalue weighted by Crippen LogP contribution is -3.11. The van der Waals surface area contributed by atoms with Crippen LogP contribution in [0.15, 0.2) is 42.5 Å². The van der Waals surface area contributed by atoms with E-state index in [9.17, 15) is 9.59 Å². The lowest BCUT2D eigenvalue weighted by Gasteiger charge is -2.23. The van der Waals surface area contributed by atoms with Crippen molar-refractivity contribution in [1.29, 1.82) is 0 Å². The Kier molecular flexibility index (Phi) is 7.30. The van der Waals surface area contributed by atoms with Crippen LogP contribution < -0.4 is 19.7 Å². The molecule has 2 aromatic carbocycles. The lowest BCUT2D eigenvalue weighted by molar-refractivity contribution is -0.910. The quantitative estimate of drug-likeness (QED) is 0.649. The van der Waals surface area contributed by atoms with E-state index in [4.69, 9.17) is 14.2 Å². The summed E-state index contributed by atoms with van der Waals surface area (Å²) in [6.45, 7) is 3.36. The molecule has 160 valence electrons. The predicted molar refractivity (Wildman–Crippen MR) is 113 cm³/mol. The highest BCUT2D eigenvalue weighted by Gasteiger charge is 2.34. The molecular formula is C23H29N2O5+. The van der Waals surface area contributed by atoms with E-state index < -0.39 is 0 Å². The minimum absolute atomic E-state index is 0.0670. The van der Waals surface area contributed by atoms with Gasteiger partial charge in [-0.05, 0) is 49.4 Å². The summed E-state index contributed by atoms with van der Waals surface area (Å²) in [5.41, 5.74) is 2.18. The van der Waals surface area contributed by atoms with E-state index in [2.05, 4.69) is 5.32 Å². The van der Waals surface area contributed by atoms with E-state index in [0.29, 0.717) is 24.4 Å². The molecule has 1 heterocycles. The van der Waals surface area contributed by atoms with Crippen molar-refractivity contribution >= 4 is 17.6 Å². The smallest absolute Gasteiger partial charge is 0.338 e. The number of anilines is 1. The molecule has 2 N–H and O–H groups in total. The molecule has 0 aromatic heterocycles. The Morgan fingerprint density at radius 3 is 2.53 bits per heavy atom. The summed E-state index contributed by atoms with van der Waals surface area (Å²) in [4.78, 5) is 25.6. The summed E-state index contributed by atoms with van der Waals surface area (Å²) in [6, 6.07) is 12.7. The van der Waals surface area contributed by atoms with Gasteiger partial charge < -0.3 is 24.4 Å². The van der Waals surface area contributed by atoms with Crippen LogP contribution in [0.4, 0.5) is 5.69 Å². The first-order valence-corrected chi connectivity index (χ1v) is 10.2. The van der Waals surface area contributed by atoms with E-state index in [1.165, 1.54) is 4.90 Å². The summed E-state index contributed by atoms with van der Waals surface area (Å²) in [7, 11) is 3.30. The van der Waals surface area contributed by atoms with E-state index in [-0.39, 0.29) is 17.9 Å². The normalized spacial score (nSPS) is 18.0. The third-order valence-electron chi connectivity index (χ3n) is 5.36. The van der Waals surface area contributed by atoms with Gasteiger partial charge in [0.05, 0.1) is 38.5 Å². The molecule has 7 nitrogen and oxygen atoms in total. The first-order chi connectivity index (χ1) is 14.5. The number of carbonyl (C=O) groups is 2. The predicted octanol–water partition coefficient (Wildman–Crippen LogP) is 2.24. The second-order valence-electron chi connectivity index (χ2n) is 7.23. The first-order valence-electron chi connectivity index (χ1n) is 10.2. The van der Waals surface area contributed by atoms with Gasteiger partial charge in [0, 0.05) is 18.5 Å². The molecule has 0 saturated carbocycles. The molecule has 1 aliphatic rings. The molecule has 2 aromatic rings. The van der Waals surface area contributed by atoms with Gasteiger partial charge in [0.25, 0.3) is 5.91 Å². The van der Waals surface area contributed by atoms with Crippen molar-refractivity contribution in [1.82, 2.24) is 0 Å². The van der Waals surface area contributed by atoms with Gasteiger partial charge in [-0.2, -0.15) is 0 Å². The third-order valence-corrected chi connectivity index (χ3v) is 5.36. The molecule has 2 atom stereocenters. The maximum Gasteiger partial charge on any atom is 0.338 e. The van der Waals surface area contributed by atoms with Crippen molar-refractivity contribution < 1.29 is 28.7 Å². The van der Waals surface area contributed by atoms with E-state index >= 15 is 0 Å². The zero-order valence-corrected chi connectivity index (χ0v) is 17.7. The largest absolute Gasteiger partial charge is 0.497 e. The number of carbonyl (C=O) groups excluding carboxylic acids is 2. The van der Waals surface area contributed by atoms with Crippen LogP contribution in [0.1, 0.15) is 41.7 Å². The molecular weight excluding hydrogens is 384 g/mol. The van der Waals surface area contributed by atoms with Gasteiger partial charge >= 0.3 is 5.97 Å². The van der Waals surface area contributed by atoms with E-state index in [1.807, 2.05) is 18.2 Å². The minimum Gasteiger partial charge on any atom is -0.497 e. The zero-order chi connectivity index (χ0) is 21.5. The molecule has 1 fully saturated rings. The summed E-state index contributed by atoms with van der Waals surface area (Å²) < 4.78 is 15.9. The van der Waals surface area contributed by atoms with Crippen LogP contribution in [0.25, 0.3) is 0 Å². The van der Waals surface area contributed by atoms with Crippen LogP contribution in [-0.2, 0) is 9.53 Å². The zero-order valence-electron chi connectivity index (χ0n) is 17.7. The molecule has 0 bridgehead atoms. The summed E-state index contributed by atoms with van der Waals surface area (Å²) in [5, 5.41) is 2.92. The highest BCUT2D eigenvalue weighted by atomic mass is 16.5. The monoisotopic (exact) mass is 413 g/mol. The average molecular weight is 413 g/mol. The van der Waals surface area contributed by atoms with Gasteiger partial charge in [0.2, 0.25) is 0 Å². The molecule has 3 rings (SSSR count). The second kappa shape index (κ2) is 10.1. The van der Waals surface area contributed by atoms with Crippen LogP contribution in [0.5, 0.6) is 11.5 Å². The molecule has 1 amide bonds. The molecule has 1 unspecified atom stereocenters. The number of hydrogen-bond acceptors (Lipinski definition) is 5. The maximum absolute atomic E-state index is 12.7. The van der Waals surface area contributed by atoms with Crippen molar-refractivity contribution in [3.05, 3.63) is 53.6 Å². The SMILES string of the molecule is CCOC(=O)c1ccc(NC(=O)C[NH+]2CCC[C@@H]2c2cc(OC)ccc2OC)cc1. The number of benzene rings is 2. The number of quaternary nitrogens is 1. The van der Waals surface area contributed by atoms with Gasteiger partial charge in [-0.1, -0.05) is 0 Å². The van der Waals surface area contributed by atoms with Crippen LogP contribution in [0, 0.1) is 0 Å². The van der Waals surface area contributed by atoms with Crippen LogP contribution in [-0.4, -0.2) is 45.8 Å². The Labute approximate surface area is 176 Å². The fourth-order valence-corrected chi connectivity index (χ4v) is 3.93. The Balaban J connectivity index is 1.66. The molecule has 0 radical (unpaired) electrons. The summed E-state index contributed by atoms with van der Waals surface area (Å²) >= 11 is 0. The number of likely N-dealkylation sites (tertiary alicyclic amines) is 1. The van der Waals surface area contributed by atoms with Crippen molar-refractivity contribution in [2.75, 3.05) is 39.2 Å². The highest BCUT2D eigenvalue weighted by molar-refractivity contribution is 5.93. The molecule has 1 saturated heterocycles. The number of hydrogen-bond donors (Lipinski definition) is 2. The van der Waals surface area contributed by atoms with Crippen LogP contribution >= 0.6 is 0 Å². The fraction of sp³-hybridized carbons (Fsp3) is 0.391. The molecule has 0 aliphatic carbocycles. The molecule has 1 aliphatic heterocycles. The van der Waals surface area contributed by atoms with Crippen molar-refractivity contribution in [3.63, 3.8) is 0 Å². The Morgan fingerprint density at radius 1 is 1.10 bits per heavy atom. The molecule has 7 heteroatoms. The highest BCUT2D eigenvalue weighted by Crippen LogP contribution is 2.31. The van der Waals surface area contributed by atoms with Gasteiger partial charge in [-0.3, -0.25) is 4.79 Å². The fourth-order valence-electron chi connectivity index (χ4n) is 3.93. The number of rotatable bonds is 8. The van der Waals surface area contributed by atoms with Gasteiger partial charge in [-0.15, -0.1) is 0 Å². The van der Waals surface area contributed by atoms with Gasteiger partial charge in [0.1, 0.15) is 17.5 Å². The number of amides is 1. The first kappa shape index (κ1) is 21.6. The van der Waals surface area contributed by atoms with E-state index in [1.54, 1.807) is 45.4 Å². The van der Waals surface area contributed by atoms with Gasteiger partial charge in [0.15, 0.2) is 6.54 Å². The lowest BCUT2D eigenvalue weighted by atomic mass is 10.0. The summed E-state index contributed by atoms with van der Waals surface area (Å²) in [6.07, 6.45) is 2.03. The number of esters is 1. The average Bonchev–Trinajstić information content (AvgIpc) is 3.21. The van der Waals surface area contributed by atoms with E-state index in [0.717, 1.165) is 36.4 Å². The number of nitrogens with one attached hydrogen (secondary N) is 2. The second-order valence-corrected chi connectivity index (χ2v) is 7.23. The Morgan fingerprint density at radius 2 is 1.87 bits per heavy atom. The molecule has 30 heavy (non-hydrogen) atoms. The standard InChI is InChI=1S/C23H28N2O5/c1-4-30-23(27)16-7-9-17(10-8-16)24-22(26)15-25-13-5-6-20(25)19-14-18(28-2)11-12-21(19)29-3/h7-12,14,20H,4-6,13,15H2,1-3H3,(H,24,26)/p+1/t20-/m1/s1. The van der Waals surface area contributed by atoms with Crippen molar-refractivity contribution in [3.8, 4) is 11.5 Å². The van der Waals surface area contributed by atoms with Crippen LogP contribution in [0.3, 0.4) is 0 Å². The number of ether oxygens (including phenoxy) is 3. The van der Waals surface area contributed by atoms with Crippen molar-refractivity contribution in [2.45, 2.75) is 25.8 Å². The summed E-state index contributed by atoms with van der Waals surface area (Å²) in [5.74, 6) is 1.16. The number of methoxy groups -OCH3 is 2. The minimum atomic E-state index is -0.369. The van der Waals surface area contributed by atoms with Crippen LogP contribution in [0.2, 0.25) is 0 Å².